The van der Waals surface area contributed by atoms with Crippen molar-refractivity contribution in [1.29, 1.82) is 0 Å². The number of benzene rings is 1. The second-order valence-corrected chi connectivity index (χ2v) is 4.28. The molecule has 0 spiro atoms. The van der Waals surface area contributed by atoms with Gasteiger partial charge >= 0.3 is 0 Å². The summed E-state index contributed by atoms with van der Waals surface area (Å²) in [5.41, 5.74) is 3.36. The largest absolute Gasteiger partial charge is 0.389 e. The van der Waals surface area contributed by atoms with Crippen LogP contribution >= 0.6 is 0 Å². The first-order chi connectivity index (χ1) is 7.59. The maximum Gasteiger partial charge on any atom is 0.0722 e. The third kappa shape index (κ3) is 1.89. The molecular formula is C14H17NO. The molecule has 0 bridgehead atoms. The highest BCUT2D eigenvalue weighted by Gasteiger charge is 2.05. The molecule has 0 fully saturated rings. The van der Waals surface area contributed by atoms with Gasteiger partial charge in [-0.15, -0.1) is 0 Å². The highest BCUT2D eigenvalue weighted by atomic mass is 16.3. The molecule has 2 aromatic rings. The summed E-state index contributed by atoms with van der Waals surface area (Å²) < 4.78 is 2.11. The quantitative estimate of drug-likeness (QED) is 0.818. The van der Waals surface area contributed by atoms with Gasteiger partial charge in [-0.05, 0) is 31.1 Å². The smallest absolute Gasteiger partial charge is 0.0722 e. The minimum Gasteiger partial charge on any atom is -0.389 e. The number of aliphatic hydroxyl groups is 1. The number of aromatic nitrogens is 1. The lowest BCUT2D eigenvalue weighted by atomic mass is 10.1. The lowest BCUT2D eigenvalue weighted by Gasteiger charge is -2.03. The minimum atomic E-state index is -0.390. The lowest BCUT2D eigenvalue weighted by Crippen LogP contribution is -2.00. The molecule has 2 rings (SSSR count). The van der Waals surface area contributed by atoms with E-state index in [-0.39, 0.29) is 6.10 Å². The van der Waals surface area contributed by atoms with Gasteiger partial charge in [-0.25, -0.2) is 0 Å². The number of nitrogens with zero attached hydrogens (tertiary/aromatic N) is 1. The molecule has 0 aliphatic heterocycles. The molecule has 16 heavy (non-hydrogen) atoms. The Balaban J connectivity index is 2.58. The molecule has 2 nitrogen and oxygen atoms in total. The van der Waals surface area contributed by atoms with E-state index in [1.165, 1.54) is 10.9 Å². The average Bonchev–Trinajstić information content (AvgIpc) is 2.57. The van der Waals surface area contributed by atoms with Gasteiger partial charge in [-0.3, -0.25) is 0 Å². The number of rotatable bonds is 2. The molecule has 1 unspecified atom stereocenters. The predicted octanol–water partition coefficient (Wildman–Crippen LogP) is 2.96. The molecule has 84 valence electrons. The van der Waals surface area contributed by atoms with Crippen molar-refractivity contribution < 1.29 is 5.11 Å². The van der Waals surface area contributed by atoms with E-state index < -0.39 is 0 Å². The number of fused-ring (bicyclic) bond motifs is 1. The van der Waals surface area contributed by atoms with Crippen molar-refractivity contribution in [2.45, 2.75) is 20.0 Å². The summed E-state index contributed by atoms with van der Waals surface area (Å²) in [6.45, 7) is 3.74. The topological polar surface area (TPSA) is 25.2 Å². The monoisotopic (exact) mass is 215 g/mol. The van der Waals surface area contributed by atoms with Gasteiger partial charge in [0, 0.05) is 24.1 Å². The van der Waals surface area contributed by atoms with Crippen LogP contribution in [-0.4, -0.2) is 15.8 Å². The van der Waals surface area contributed by atoms with Crippen LogP contribution in [0.3, 0.4) is 0 Å². The molecular weight excluding hydrogens is 198 g/mol. The van der Waals surface area contributed by atoms with Crippen molar-refractivity contribution in [3.05, 3.63) is 41.6 Å². The first-order valence-electron chi connectivity index (χ1n) is 5.50. The third-order valence-corrected chi connectivity index (χ3v) is 2.97. The molecule has 0 saturated carbocycles. The van der Waals surface area contributed by atoms with Crippen molar-refractivity contribution in [2.24, 2.45) is 7.05 Å². The Hall–Kier alpha value is -1.54. The van der Waals surface area contributed by atoms with Crippen molar-refractivity contribution in [3.63, 3.8) is 0 Å². The van der Waals surface area contributed by atoms with Crippen molar-refractivity contribution in [1.82, 2.24) is 4.57 Å². The summed E-state index contributed by atoms with van der Waals surface area (Å²) in [4.78, 5) is 0. The Kier molecular flexibility index (Phi) is 2.84. The summed E-state index contributed by atoms with van der Waals surface area (Å²) in [6.07, 6.45) is 3.75. The fourth-order valence-corrected chi connectivity index (χ4v) is 1.85. The molecule has 2 heteroatoms. The summed E-state index contributed by atoms with van der Waals surface area (Å²) in [5.74, 6) is 0. The van der Waals surface area contributed by atoms with Crippen molar-refractivity contribution >= 4 is 17.0 Å². The molecule has 1 N–H and O–H groups in total. The Morgan fingerprint density at radius 1 is 1.38 bits per heavy atom. The van der Waals surface area contributed by atoms with E-state index in [1.54, 1.807) is 6.92 Å². The fraction of sp³-hybridized carbons (Fsp3) is 0.286. The summed E-state index contributed by atoms with van der Waals surface area (Å²) in [6, 6.07) is 8.29. The maximum atomic E-state index is 9.49. The van der Waals surface area contributed by atoms with Crippen LogP contribution in [0.2, 0.25) is 0 Å². The van der Waals surface area contributed by atoms with Gasteiger partial charge in [0.2, 0.25) is 0 Å². The number of hydrogen-bond donors (Lipinski definition) is 1. The first kappa shape index (κ1) is 11.0. The molecule has 1 aromatic carbocycles. The second kappa shape index (κ2) is 4.14. The van der Waals surface area contributed by atoms with Crippen LogP contribution < -0.4 is 0 Å². The zero-order valence-electron chi connectivity index (χ0n) is 9.94. The van der Waals surface area contributed by atoms with Gasteiger partial charge in [0.15, 0.2) is 0 Å². The molecule has 0 aliphatic rings. The van der Waals surface area contributed by atoms with E-state index >= 15 is 0 Å². The Bertz CT molecular complexity index is 535. The first-order valence-corrected chi connectivity index (χ1v) is 5.50. The SMILES string of the molecule is C/C(=C\c1cn(C)c2ccccc12)C(C)O. The average molecular weight is 215 g/mol. The molecule has 0 saturated heterocycles. The van der Waals surface area contributed by atoms with Gasteiger partial charge in [-0.2, -0.15) is 0 Å². The molecule has 1 heterocycles. The van der Waals surface area contributed by atoms with Crippen LogP contribution in [0.4, 0.5) is 0 Å². The summed E-state index contributed by atoms with van der Waals surface area (Å²) in [7, 11) is 2.04. The number of hydrogen-bond acceptors (Lipinski definition) is 1. The van der Waals surface area contributed by atoms with E-state index in [1.807, 2.05) is 32.2 Å². The zero-order valence-corrected chi connectivity index (χ0v) is 9.94. The van der Waals surface area contributed by atoms with E-state index in [0.717, 1.165) is 11.1 Å². The summed E-state index contributed by atoms with van der Waals surface area (Å²) in [5, 5.41) is 10.7. The molecule has 0 aliphatic carbocycles. The van der Waals surface area contributed by atoms with Crippen LogP contribution in [0.1, 0.15) is 19.4 Å². The van der Waals surface area contributed by atoms with E-state index in [0.29, 0.717) is 0 Å². The van der Waals surface area contributed by atoms with Gasteiger partial charge in [-0.1, -0.05) is 24.3 Å². The van der Waals surface area contributed by atoms with E-state index in [2.05, 4.69) is 22.9 Å². The Morgan fingerprint density at radius 2 is 2.06 bits per heavy atom. The third-order valence-electron chi connectivity index (χ3n) is 2.97. The Labute approximate surface area is 95.8 Å². The molecule has 1 atom stereocenters. The molecule has 0 amide bonds. The number of aliphatic hydroxyl groups excluding tert-OH is 1. The van der Waals surface area contributed by atoms with Crippen LogP contribution in [0, 0.1) is 0 Å². The van der Waals surface area contributed by atoms with Gasteiger partial charge in [0.25, 0.3) is 0 Å². The Morgan fingerprint density at radius 3 is 2.75 bits per heavy atom. The number of aryl methyl sites for hydroxylation is 1. The minimum absolute atomic E-state index is 0.390. The highest BCUT2D eigenvalue weighted by molar-refractivity contribution is 5.89. The highest BCUT2D eigenvalue weighted by Crippen LogP contribution is 2.23. The van der Waals surface area contributed by atoms with Crippen LogP contribution in [0.5, 0.6) is 0 Å². The van der Waals surface area contributed by atoms with Gasteiger partial charge in [0.1, 0.15) is 0 Å². The number of para-hydroxylation sites is 1. The van der Waals surface area contributed by atoms with Gasteiger partial charge < -0.3 is 9.67 Å². The van der Waals surface area contributed by atoms with Crippen molar-refractivity contribution in [2.75, 3.05) is 0 Å². The lowest BCUT2D eigenvalue weighted by molar-refractivity contribution is 0.232. The predicted molar refractivity (Wildman–Crippen MR) is 68.3 cm³/mol. The van der Waals surface area contributed by atoms with E-state index in [4.69, 9.17) is 0 Å². The van der Waals surface area contributed by atoms with Crippen LogP contribution in [-0.2, 0) is 7.05 Å². The van der Waals surface area contributed by atoms with E-state index in [9.17, 15) is 5.11 Å². The maximum absolute atomic E-state index is 9.49. The van der Waals surface area contributed by atoms with Crippen LogP contribution in [0.25, 0.3) is 17.0 Å². The standard InChI is InChI=1S/C14H17NO/c1-10(11(2)16)8-12-9-15(3)14-7-5-4-6-13(12)14/h4-9,11,16H,1-3H3/b10-8+. The fourth-order valence-electron chi connectivity index (χ4n) is 1.85. The normalized spacial score (nSPS) is 14.4. The summed E-state index contributed by atoms with van der Waals surface area (Å²) >= 11 is 0. The van der Waals surface area contributed by atoms with Crippen molar-refractivity contribution in [3.8, 4) is 0 Å². The molecule has 1 aromatic heterocycles. The van der Waals surface area contributed by atoms with Crippen LogP contribution in [0.15, 0.2) is 36.0 Å². The molecule has 0 radical (unpaired) electrons. The van der Waals surface area contributed by atoms with Gasteiger partial charge in [0.05, 0.1) is 6.10 Å². The zero-order chi connectivity index (χ0) is 11.7. The second-order valence-electron chi connectivity index (χ2n) is 4.28.